The predicted octanol–water partition coefficient (Wildman–Crippen LogP) is 0.588. The minimum Gasteiger partial charge on any atom is -0.389 e. The van der Waals surface area contributed by atoms with E-state index in [1.54, 1.807) is 7.05 Å². The first-order chi connectivity index (χ1) is 12.1. The number of rotatable bonds is 9. The van der Waals surface area contributed by atoms with E-state index in [4.69, 9.17) is 4.74 Å². The van der Waals surface area contributed by atoms with E-state index in [1.807, 2.05) is 6.92 Å². The van der Waals surface area contributed by atoms with Crippen molar-refractivity contribution in [2.45, 2.75) is 45.1 Å². The van der Waals surface area contributed by atoms with Crippen LogP contribution in [0.15, 0.2) is 4.99 Å². The number of nitrogens with one attached hydrogen (secondary N) is 2. The molecule has 0 radical (unpaired) electrons. The molecule has 3 N–H and O–H groups in total. The fraction of sp³-hybridized carbons (Fsp3) is 0.889. The molecule has 1 amide bonds. The molecule has 0 bridgehead atoms. The lowest BCUT2D eigenvalue weighted by molar-refractivity contribution is -0.121. The number of carbonyl (C=O) groups excluding carboxylic acids is 1. The van der Waals surface area contributed by atoms with E-state index in [0.29, 0.717) is 31.4 Å². The number of ether oxygens (including phenoxy) is 1. The molecule has 1 atom stereocenters. The Labute approximate surface area is 151 Å². The van der Waals surface area contributed by atoms with Crippen LogP contribution < -0.4 is 10.6 Å². The molecule has 1 unspecified atom stereocenters. The minimum atomic E-state index is -0.557. The number of carbonyl (C=O) groups is 1. The molecule has 1 heterocycles. The molecule has 0 aromatic rings. The van der Waals surface area contributed by atoms with Gasteiger partial charge in [-0.05, 0) is 44.4 Å². The van der Waals surface area contributed by atoms with Crippen LogP contribution in [0.1, 0.15) is 39.0 Å². The summed E-state index contributed by atoms with van der Waals surface area (Å²) in [5, 5.41) is 16.0. The highest BCUT2D eigenvalue weighted by molar-refractivity contribution is 5.80. The van der Waals surface area contributed by atoms with Gasteiger partial charge in [0.25, 0.3) is 0 Å². The van der Waals surface area contributed by atoms with Crippen LogP contribution in [0.4, 0.5) is 0 Å². The van der Waals surface area contributed by atoms with Gasteiger partial charge in [0, 0.05) is 39.7 Å². The minimum absolute atomic E-state index is 0.119. The number of amides is 1. The number of guanidine groups is 1. The number of nitrogens with zero attached hydrogens (tertiary/aromatic N) is 2. The van der Waals surface area contributed by atoms with Gasteiger partial charge in [-0.25, -0.2) is 0 Å². The first kappa shape index (κ1) is 20.0. The van der Waals surface area contributed by atoms with Gasteiger partial charge in [0.2, 0.25) is 5.91 Å². The summed E-state index contributed by atoms with van der Waals surface area (Å²) in [6, 6.07) is 0. The third-order valence-corrected chi connectivity index (χ3v) is 4.81. The number of aliphatic hydroxyl groups is 1. The number of piperidine rings is 1. The van der Waals surface area contributed by atoms with Crippen LogP contribution in [-0.4, -0.2) is 74.4 Å². The van der Waals surface area contributed by atoms with Crippen LogP contribution in [0, 0.1) is 11.8 Å². The molecular formula is C18H34N4O3. The quantitative estimate of drug-likeness (QED) is 0.417. The summed E-state index contributed by atoms with van der Waals surface area (Å²) in [5.41, 5.74) is 0. The summed E-state index contributed by atoms with van der Waals surface area (Å²) in [5.74, 6) is 2.13. The summed E-state index contributed by atoms with van der Waals surface area (Å²) < 4.78 is 5.53. The van der Waals surface area contributed by atoms with Gasteiger partial charge >= 0.3 is 0 Å². The molecule has 1 aliphatic heterocycles. The molecule has 7 nitrogen and oxygen atoms in total. The smallest absolute Gasteiger partial charge is 0.220 e. The lowest BCUT2D eigenvalue weighted by Crippen LogP contribution is -2.46. The highest BCUT2D eigenvalue weighted by Crippen LogP contribution is 2.28. The Balaban J connectivity index is 1.73. The fourth-order valence-corrected chi connectivity index (χ4v) is 3.04. The van der Waals surface area contributed by atoms with Gasteiger partial charge in [-0.3, -0.25) is 9.79 Å². The van der Waals surface area contributed by atoms with E-state index in [0.717, 1.165) is 45.0 Å². The summed E-state index contributed by atoms with van der Waals surface area (Å²) in [6.45, 7) is 6.09. The van der Waals surface area contributed by atoms with Crippen LogP contribution in [0.2, 0.25) is 0 Å². The fourth-order valence-electron chi connectivity index (χ4n) is 3.04. The van der Waals surface area contributed by atoms with Crippen LogP contribution in [0.3, 0.4) is 0 Å². The van der Waals surface area contributed by atoms with Gasteiger partial charge in [-0.15, -0.1) is 0 Å². The molecule has 0 spiro atoms. The van der Waals surface area contributed by atoms with E-state index >= 15 is 0 Å². The van der Waals surface area contributed by atoms with E-state index in [1.165, 1.54) is 12.8 Å². The van der Waals surface area contributed by atoms with Gasteiger partial charge in [-0.2, -0.15) is 0 Å². The average molecular weight is 354 g/mol. The van der Waals surface area contributed by atoms with Crippen LogP contribution in [0.5, 0.6) is 0 Å². The van der Waals surface area contributed by atoms with Crippen molar-refractivity contribution >= 4 is 11.9 Å². The Morgan fingerprint density at radius 1 is 1.28 bits per heavy atom. The standard InChI is InChI=1S/C18H34N4O3/c1-3-20-18(21-11-16(23)13-25-12-15-4-5-15)22-8-6-14(7-9-22)10-17(24)19-2/h14-16,23H,3-13H2,1-2H3,(H,19,24)(H,20,21). The molecule has 1 saturated heterocycles. The zero-order valence-corrected chi connectivity index (χ0v) is 15.7. The zero-order valence-electron chi connectivity index (χ0n) is 15.7. The van der Waals surface area contributed by atoms with E-state index in [-0.39, 0.29) is 5.91 Å². The molecule has 1 aliphatic carbocycles. The van der Waals surface area contributed by atoms with E-state index in [2.05, 4.69) is 20.5 Å². The van der Waals surface area contributed by atoms with Crippen LogP contribution in [-0.2, 0) is 9.53 Å². The zero-order chi connectivity index (χ0) is 18.1. The van der Waals surface area contributed by atoms with Gasteiger partial charge in [0.15, 0.2) is 5.96 Å². The van der Waals surface area contributed by atoms with Gasteiger partial charge < -0.3 is 25.4 Å². The maximum Gasteiger partial charge on any atom is 0.220 e. The third kappa shape index (κ3) is 7.61. The van der Waals surface area contributed by atoms with E-state index in [9.17, 15) is 9.90 Å². The van der Waals surface area contributed by atoms with Crippen molar-refractivity contribution in [2.24, 2.45) is 16.8 Å². The molecule has 0 aromatic carbocycles. The lowest BCUT2D eigenvalue weighted by Gasteiger charge is -2.34. The van der Waals surface area contributed by atoms with Crippen molar-refractivity contribution in [1.29, 1.82) is 0 Å². The molecule has 1 saturated carbocycles. The molecule has 0 aromatic heterocycles. The van der Waals surface area contributed by atoms with E-state index < -0.39 is 6.10 Å². The van der Waals surface area contributed by atoms with Gasteiger partial charge in [0.05, 0.1) is 19.3 Å². The monoisotopic (exact) mass is 354 g/mol. The summed E-state index contributed by atoms with van der Waals surface area (Å²) in [6.07, 6.45) is 4.55. The Bertz CT molecular complexity index is 432. The first-order valence-corrected chi connectivity index (χ1v) is 9.62. The molecule has 2 fully saturated rings. The summed E-state index contributed by atoms with van der Waals surface area (Å²) >= 11 is 0. The maximum atomic E-state index is 11.5. The molecule has 2 aliphatic rings. The van der Waals surface area contributed by atoms with Crippen molar-refractivity contribution in [3.63, 3.8) is 0 Å². The molecule has 25 heavy (non-hydrogen) atoms. The second kappa shape index (κ2) is 10.6. The molecule has 144 valence electrons. The Hall–Kier alpha value is -1.34. The van der Waals surface area contributed by atoms with Crippen molar-refractivity contribution in [2.75, 3.05) is 46.4 Å². The van der Waals surface area contributed by atoms with Crippen molar-refractivity contribution in [1.82, 2.24) is 15.5 Å². The third-order valence-electron chi connectivity index (χ3n) is 4.81. The molecular weight excluding hydrogens is 320 g/mol. The Kier molecular flexibility index (Phi) is 8.48. The Morgan fingerprint density at radius 2 is 2.00 bits per heavy atom. The van der Waals surface area contributed by atoms with Crippen molar-refractivity contribution < 1.29 is 14.6 Å². The van der Waals surface area contributed by atoms with Gasteiger partial charge in [-0.1, -0.05) is 0 Å². The van der Waals surface area contributed by atoms with Gasteiger partial charge in [0.1, 0.15) is 0 Å². The largest absolute Gasteiger partial charge is 0.389 e. The maximum absolute atomic E-state index is 11.5. The second-order valence-electron chi connectivity index (χ2n) is 7.14. The first-order valence-electron chi connectivity index (χ1n) is 9.62. The normalized spacial score (nSPS) is 20.4. The molecule has 2 rings (SSSR count). The summed E-state index contributed by atoms with van der Waals surface area (Å²) in [7, 11) is 1.69. The Morgan fingerprint density at radius 3 is 2.60 bits per heavy atom. The van der Waals surface area contributed by atoms with Crippen LogP contribution >= 0.6 is 0 Å². The lowest BCUT2D eigenvalue weighted by atomic mass is 9.93. The topological polar surface area (TPSA) is 86.2 Å². The highest BCUT2D eigenvalue weighted by Gasteiger charge is 2.24. The number of aliphatic hydroxyl groups excluding tert-OH is 1. The van der Waals surface area contributed by atoms with Crippen molar-refractivity contribution in [3.05, 3.63) is 0 Å². The van der Waals surface area contributed by atoms with Crippen molar-refractivity contribution in [3.8, 4) is 0 Å². The second-order valence-corrected chi connectivity index (χ2v) is 7.14. The number of hydrogen-bond donors (Lipinski definition) is 3. The average Bonchev–Trinajstić information content (AvgIpc) is 3.43. The van der Waals surface area contributed by atoms with Crippen LogP contribution in [0.25, 0.3) is 0 Å². The number of aliphatic imine (C=N–C) groups is 1. The predicted molar refractivity (Wildman–Crippen MR) is 98.5 cm³/mol. The SMILES string of the molecule is CCNC(=NCC(O)COCC1CC1)N1CCC(CC(=O)NC)CC1. The number of likely N-dealkylation sites (tertiary alicyclic amines) is 1. The summed E-state index contributed by atoms with van der Waals surface area (Å²) in [4.78, 5) is 18.3. The highest BCUT2D eigenvalue weighted by atomic mass is 16.5. The molecule has 7 heteroatoms. The number of hydrogen-bond acceptors (Lipinski definition) is 4.